The number of aryl methyl sites for hydroxylation is 1. The molecule has 3 rings (SSSR count). The number of hydrogen-bond donors (Lipinski definition) is 2. The largest absolute Gasteiger partial charge is 0.388 e. The Morgan fingerprint density at radius 1 is 1.32 bits per heavy atom. The highest BCUT2D eigenvalue weighted by Gasteiger charge is 2.26. The Kier molecular flexibility index (Phi) is 8.39. The fraction of sp³-hybridized carbons (Fsp3) is 0.364. The van der Waals surface area contributed by atoms with Gasteiger partial charge in [0.05, 0.1) is 18.2 Å². The van der Waals surface area contributed by atoms with Crippen LogP contribution in [0.2, 0.25) is 0 Å². The Morgan fingerprint density at radius 2 is 1.97 bits per heavy atom. The van der Waals surface area contributed by atoms with E-state index < -0.39 is 11.6 Å². The van der Waals surface area contributed by atoms with E-state index in [9.17, 15) is 14.7 Å². The van der Waals surface area contributed by atoms with E-state index in [4.69, 9.17) is 4.52 Å². The van der Waals surface area contributed by atoms with Crippen LogP contribution in [-0.4, -0.2) is 38.7 Å². The zero-order valence-electron chi connectivity index (χ0n) is 18.4. The second kappa shape index (κ2) is 10.6. The third-order valence-electron chi connectivity index (χ3n) is 4.76. The third-order valence-corrected chi connectivity index (χ3v) is 5.14. The van der Waals surface area contributed by atoms with Crippen LogP contribution in [0.3, 0.4) is 0 Å². The van der Waals surface area contributed by atoms with Gasteiger partial charge in [-0.1, -0.05) is 29.4 Å². The van der Waals surface area contributed by atoms with Gasteiger partial charge in [0, 0.05) is 17.3 Å². The fourth-order valence-corrected chi connectivity index (χ4v) is 2.94. The summed E-state index contributed by atoms with van der Waals surface area (Å²) in [6.07, 6.45) is 2.20. The van der Waals surface area contributed by atoms with Crippen molar-refractivity contribution >= 4 is 20.8 Å². The van der Waals surface area contributed by atoms with E-state index in [1.807, 2.05) is 31.3 Å². The Labute approximate surface area is 183 Å². The average Bonchev–Trinajstić information content (AvgIpc) is 3.13. The van der Waals surface area contributed by atoms with Gasteiger partial charge in [-0.25, -0.2) is 0 Å². The molecule has 0 fully saturated rings. The lowest BCUT2D eigenvalue weighted by atomic mass is 9.99. The van der Waals surface area contributed by atoms with Gasteiger partial charge in [-0.15, -0.1) is 9.24 Å². The van der Waals surface area contributed by atoms with Gasteiger partial charge in [-0.3, -0.25) is 9.59 Å². The quantitative estimate of drug-likeness (QED) is 0.443. The van der Waals surface area contributed by atoms with Crippen LogP contribution in [0, 0.1) is 6.92 Å². The van der Waals surface area contributed by atoms with Gasteiger partial charge in [-0.05, 0) is 51.7 Å². The van der Waals surface area contributed by atoms with Crippen molar-refractivity contribution in [1.82, 2.24) is 20.0 Å². The Balaban J connectivity index is 0.000000316. The summed E-state index contributed by atoms with van der Waals surface area (Å²) in [4.78, 5) is 27.9. The van der Waals surface area contributed by atoms with Gasteiger partial charge in [0.15, 0.2) is 12.1 Å². The van der Waals surface area contributed by atoms with Gasteiger partial charge in [-0.2, -0.15) is 4.98 Å². The number of nitrogens with zero attached hydrogens (tertiary/aromatic N) is 3. The van der Waals surface area contributed by atoms with Crippen molar-refractivity contribution in [3.8, 4) is 11.1 Å². The van der Waals surface area contributed by atoms with E-state index >= 15 is 0 Å². The third kappa shape index (κ3) is 6.66. The summed E-state index contributed by atoms with van der Waals surface area (Å²) in [6, 6.07) is 8.58. The molecule has 2 atom stereocenters. The van der Waals surface area contributed by atoms with Crippen molar-refractivity contribution in [1.29, 1.82) is 0 Å². The summed E-state index contributed by atoms with van der Waals surface area (Å²) >= 11 is 0. The smallest absolute Gasteiger partial charge is 0.258 e. The lowest BCUT2D eigenvalue weighted by Gasteiger charge is -2.28. The van der Waals surface area contributed by atoms with E-state index in [-0.39, 0.29) is 5.56 Å². The fourth-order valence-electron chi connectivity index (χ4n) is 2.75. The first-order valence-electron chi connectivity index (χ1n) is 9.80. The zero-order chi connectivity index (χ0) is 23.2. The average molecular weight is 444 g/mol. The summed E-state index contributed by atoms with van der Waals surface area (Å²) in [7, 11) is 4.42. The molecular weight excluding hydrogens is 415 g/mol. The lowest BCUT2D eigenvalue weighted by Crippen LogP contribution is -2.37. The van der Waals surface area contributed by atoms with Crippen LogP contribution in [0.15, 0.2) is 45.8 Å². The van der Waals surface area contributed by atoms with Crippen LogP contribution >= 0.6 is 9.24 Å². The minimum atomic E-state index is -1.08. The zero-order valence-corrected chi connectivity index (χ0v) is 19.6. The van der Waals surface area contributed by atoms with E-state index in [0.717, 1.165) is 10.9 Å². The number of aromatic nitrogens is 3. The summed E-state index contributed by atoms with van der Waals surface area (Å²) in [5.41, 5.74) is 0.298. The van der Waals surface area contributed by atoms with Crippen molar-refractivity contribution < 1.29 is 14.4 Å². The molecule has 2 N–H and O–H groups in total. The molecule has 0 aliphatic rings. The number of carbonyl (C=O) groups excluding carboxylic acids is 1. The predicted octanol–water partition coefficient (Wildman–Crippen LogP) is 2.26. The topological polar surface area (TPSA) is 110 Å². The molecule has 31 heavy (non-hydrogen) atoms. The molecule has 1 aromatic carbocycles. The first-order chi connectivity index (χ1) is 14.6. The maximum absolute atomic E-state index is 12.7. The molecule has 2 unspecified atom stereocenters. The van der Waals surface area contributed by atoms with Crippen LogP contribution < -0.4 is 16.2 Å². The molecule has 0 amide bonds. The van der Waals surface area contributed by atoms with E-state index in [2.05, 4.69) is 24.7 Å². The van der Waals surface area contributed by atoms with Crippen molar-refractivity contribution in [3.63, 3.8) is 0 Å². The monoisotopic (exact) mass is 444 g/mol. The Morgan fingerprint density at radius 3 is 2.45 bits per heavy atom. The molecule has 0 aliphatic heterocycles. The molecule has 2 heterocycles. The molecule has 9 heteroatoms. The summed E-state index contributed by atoms with van der Waals surface area (Å²) in [6.45, 7) is 7.47. The molecule has 0 aliphatic carbocycles. The number of rotatable bonds is 6. The Bertz CT molecular complexity index is 1070. The minimum absolute atomic E-state index is 0.225. The molecule has 0 radical (unpaired) electrons. The first kappa shape index (κ1) is 24.6. The van der Waals surface area contributed by atoms with E-state index in [1.165, 1.54) is 10.8 Å². The van der Waals surface area contributed by atoms with Crippen molar-refractivity contribution in [2.75, 3.05) is 7.05 Å². The minimum Gasteiger partial charge on any atom is -0.388 e. The van der Waals surface area contributed by atoms with Gasteiger partial charge >= 0.3 is 0 Å². The number of nitrogens with one attached hydrogen (secondary N) is 1. The summed E-state index contributed by atoms with van der Waals surface area (Å²) < 4.78 is 6.21. The second-order valence-corrected chi connectivity index (χ2v) is 8.40. The molecule has 0 spiro atoms. The number of hydrogen-bond acceptors (Lipinski definition) is 7. The number of pyridine rings is 1. The van der Waals surface area contributed by atoms with E-state index in [1.54, 1.807) is 33.8 Å². The molecule has 3 aromatic rings. The number of benzene rings is 1. The maximum atomic E-state index is 12.7. The highest BCUT2D eigenvalue weighted by molar-refractivity contribution is 7.27. The predicted molar refractivity (Wildman–Crippen MR) is 124 cm³/mol. The second-order valence-electron chi connectivity index (χ2n) is 7.73. The van der Waals surface area contributed by atoms with Crippen LogP contribution in [0.5, 0.6) is 0 Å². The molecular formula is C22H29N4O4P. The highest BCUT2D eigenvalue weighted by atomic mass is 31.0. The van der Waals surface area contributed by atoms with Crippen molar-refractivity contribution in [3.05, 3.63) is 64.2 Å². The van der Waals surface area contributed by atoms with Gasteiger partial charge < -0.3 is 19.5 Å². The highest BCUT2D eigenvalue weighted by Crippen LogP contribution is 2.22. The molecule has 0 saturated heterocycles. The SMILES string of the molecule is CC(n1cc(C=O)cc(-c2ccc(P)cc2)c1=O)C(C)(C)O.CNCc1nc(C)no1. The molecule has 2 aromatic heterocycles. The van der Waals surface area contributed by atoms with Gasteiger partial charge in [0.1, 0.15) is 0 Å². The van der Waals surface area contributed by atoms with E-state index in [0.29, 0.717) is 35.7 Å². The normalized spacial score (nSPS) is 12.1. The van der Waals surface area contributed by atoms with Crippen LogP contribution in [0.25, 0.3) is 11.1 Å². The number of aldehydes is 1. The lowest BCUT2D eigenvalue weighted by molar-refractivity contribution is 0.0292. The van der Waals surface area contributed by atoms with Gasteiger partial charge in [0.2, 0.25) is 5.89 Å². The first-order valence-corrected chi connectivity index (χ1v) is 10.4. The van der Waals surface area contributed by atoms with Gasteiger partial charge in [0.25, 0.3) is 5.56 Å². The number of carbonyl (C=O) groups is 1. The van der Waals surface area contributed by atoms with Crippen molar-refractivity contribution in [2.24, 2.45) is 0 Å². The summed E-state index contributed by atoms with van der Waals surface area (Å²) in [5, 5.41) is 17.7. The number of aliphatic hydroxyl groups is 1. The maximum Gasteiger partial charge on any atom is 0.258 e. The summed E-state index contributed by atoms with van der Waals surface area (Å²) in [5.74, 6) is 1.32. The van der Waals surface area contributed by atoms with Crippen LogP contribution in [0.1, 0.15) is 48.9 Å². The molecule has 0 saturated carbocycles. The van der Waals surface area contributed by atoms with Crippen LogP contribution in [-0.2, 0) is 6.54 Å². The Hall–Kier alpha value is -2.67. The van der Waals surface area contributed by atoms with Crippen molar-refractivity contribution in [2.45, 2.75) is 45.9 Å². The standard InChI is InChI=1S/C17H20NO3P.C5H9N3O/c1-11(17(2,3)21)18-9-12(10-19)8-15(16(18)20)13-4-6-14(22)7-5-13;1-4-7-5(3-6-2)9-8-4/h4-11,21H,22H2,1-3H3;6H,3H2,1-2H3. The molecule has 0 bridgehead atoms. The van der Waals surface area contributed by atoms with Crippen LogP contribution in [0.4, 0.5) is 0 Å². The molecule has 8 nitrogen and oxygen atoms in total. The molecule has 166 valence electrons.